The monoisotopic (exact) mass is 320 g/mol. The van der Waals surface area contributed by atoms with Crippen molar-refractivity contribution in [2.75, 3.05) is 7.11 Å². The van der Waals surface area contributed by atoms with E-state index in [1.54, 1.807) is 13.2 Å². The molecule has 4 aromatic rings. The van der Waals surface area contributed by atoms with Gasteiger partial charge in [0.15, 0.2) is 5.58 Å². The lowest BCUT2D eigenvalue weighted by Gasteiger charge is -2.09. The molecule has 24 heavy (non-hydrogen) atoms. The number of para-hydroxylation sites is 2. The van der Waals surface area contributed by atoms with Gasteiger partial charge in [0.1, 0.15) is 11.3 Å². The number of halogens is 1. The standard InChI is InChI=1S/C19H13FN2O2/c1-23-17-10-12(19-22-15-4-2-3-5-16(15)24-19)6-8-14(17)13-7-9-18(20)21-11-13/h2-11H,1H3. The molecule has 0 bridgehead atoms. The lowest BCUT2D eigenvalue weighted by atomic mass is 10.0. The molecule has 0 aliphatic carbocycles. The summed E-state index contributed by atoms with van der Waals surface area (Å²) in [6.45, 7) is 0. The number of methoxy groups -OCH3 is 1. The van der Waals surface area contributed by atoms with E-state index in [1.807, 2.05) is 42.5 Å². The summed E-state index contributed by atoms with van der Waals surface area (Å²) in [4.78, 5) is 8.18. The van der Waals surface area contributed by atoms with Gasteiger partial charge in [0.05, 0.1) is 7.11 Å². The molecule has 2 aromatic carbocycles. The summed E-state index contributed by atoms with van der Waals surface area (Å²) < 4.78 is 24.3. The topological polar surface area (TPSA) is 48.2 Å². The van der Waals surface area contributed by atoms with Gasteiger partial charge in [-0.05, 0) is 42.5 Å². The number of benzene rings is 2. The van der Waals surface area contributed by atoms with Crippen molar-refractivity contribution in [2.45, 2.75) is 0 Å². The first-order valence-electron chi connectivity index (χ1n) is 7.40. The zero-order valence-corrected chi connectivity index (χ0v) is 12.9. The third-order valence-corrected chi connectivity index (χ3v) is 3.78. The number of oxazole rings is 1. The lowest BCUT2D eigenvalue weighted by Crippen LogP contribution is -1.91. The van der Waals surface area contributed by atoms with E-state index >= 15 is 0 Å². The van der Waals surface area contributed by atoms with Gasteiger partial charge in [-0.2, -0.15) is 4.39 Å². The highest BCUT2D eigenvalue weighted by Crippen LogP contribution is 2.34. The predicted molar refractivity (Wildman–Crippen MR) is 89.2 cm³/mol. The number of rotatable bonds is 3. The van der Waals surface area contributed by atoms with Crippen molar-refractivity contribution in [3.8, 4) is 28.3 Å². The Balaban J connectivity index is 1.79. The van der Waals surface area contributed by atoms with Gasteiger partial charge >= 0.3 is 0 Å². The molecule has 118 valence electrons. The van der Waals surface area contributed by atoms with Gasteiger partial charge in [-0.3, -0.25) is 0 Å². The second kappa shape index (κ2) is 5.77. The molecule has 2 heterocycles. The summed E-state index contributed by atoms with van der Waals surface area (Å²) in [5, 5.41) is 0. The number of aromatic nitrogens is 2. The van der Waals surface area contributed by atoms with Gasteiger partial charge in [-0.1, -0.05) is 12.1 Å². The lowest BCUT2D eigenvalue weighted by molar-refractivity contribution is 0.416. The van der Waals surface area contributed by atoms with Crippen LogP contribution < -0.4 is 4.74 Å². The van der Waals surface area contributed by atoms with E-state index in [4.69, 9.17) is 9.15 Å². The fourth-order valence-electron chi connectivity index (χ4n) is 2.59. The minimum atomic E-state index is -0.513. The molecular formula is C19H13FN2O2. The third-order valence-electron chi connectivity index (χ3n) is 3.78. The van der Waals surface area contributed by atoms with Crippen molar-refractivity contribution in [3.63, 3.8) is 0 Å². The summed E-state index contributed by atoms with van der Waals surface area (Å²) in [7, 11) is 1.59. The normalized spacial score (nSPS) is 10.9. The molecule has 0 amide bonds. The van der Waals surface area contributed by atoms with Crippen LogP contribution in [0.2, 0.25) is 0 Å². The maximum Gasteiger partial charge on any atom is 0.227 e. The Morgan fingerprint density at radius 2 is 1.83 bits per heavy atom. The number of nitrogens with zero attached hydrogens (tertiary/aromatic N) is 2. The Hall–Kier alpha value is -3.21. The first kappa shape index (κ1) is 14.4. The fraction of sp³-hybridized carbons (Fsp3) is 0.0526. The molecular weight excluding hydrogens is 307 g/mol. The Kier molecular flexibility index (Phi) is 3.46. The summed E-state index contributed by atoms with van der Waals surface area (Å²) in [6.07, 6.45) is 1.48. The fourth-order valence-corrected chi connectivity index (χ4v) is 2.59. The van der Waals surface area contributed by atoms with Crippen LogP contribution in [0.3, 0.4) is 0 Å². The second-order valence-electron chi connectivity index (χ2n) is 5.27. The highest BCUT2D eigenvalue weighted by Gasteiger charge is 2.12. The molecule has 2 aromatic heterocycles. The minimum Gasteiger partial charge on any atom is -0.496 e. The molecule has 0 aliphatic heterocycles. The molecule has 0 N–H and O–H groups in total. The summed E-state index contributed by atoms with van der Waals surface area (Å²) in [5.41, 5.74) is 3.95. The molecule has 0 atom stereocenters. The number of pyridine rings is 1. The Morgan fingerprint density at radius 3 is 2.58 bits per heavy atom. The first-order chi connectivity index (χ1) is 11.7. The van der Waals surface area contributed by atoms with Crippen molar-refractivity contribution in [1.29, 1.82) is 0 Å². The molecule has 0 saturated carbocycles. The van der Waals surface area contributed by atoms with Crippen LogP contribution in [0.25, 0.3) is 33.7 Å². The molecule has 0 spiro atoms. The van der Waals surface area contributed by atoms with Gasteiger partial charge < -0.3 is 9.15 Å². The molecule has 4 rings (SSSR count). The third kappa shape index (κ3) is 2.50. The van der Waals surface area contributed by atoms with Crippen LogP contribution in [-0.2, 0) is 0 Å². The highest BCUT2D eigenvalue weighted by molar-refractivity contribution is 5.78. The molecule has 0 saturated heterocycles. The average Bonchev–Trinajstić information content (AvgIpc) is 3.06. The van der Waals surface area contributed by atoms with E-state index < -0.39 is 5.95 Å². The van der Waals surface area contributed by atoms with Crippen LogP contribution in [0.5, 0.6) is 5.75 Å². The van der Waals surface area contributed by atoms with Crippen molar-refractivity contribution >= 4 is 11.1 Å². The highest BCUT2D eigenvalue weighted by atomic mass is 19.1. The zero-order valence-electron chi connectivity index (χ0n) is 12.9. The van der Waals surface area contributed by atoms with Gasteiger partial charge in [-0.25, -0.2) is 9.97 Å². The summed E-state index contributed by atoms with van der Waals surface area (Å²) in [6, 6.07) is 16.2. The SMILES string of the molecule is COc1cc(-c2nc3ccccc3o2)ccc1-c1ccc(F)nc1. The predicted octanol–water partition coefficient (Wildman–Crippen LogP) is 4.70. The smallest absolute Gasteiger partial charge is 0.227 e. The Labute approximate surface area is 137 Å². The molecule has 0 aliphatic rings. The van der Waals surface area contributed by atoms with E-state index in [1.165, 1.54) is 12.3 Å². The van der Waals surface area contributed by atoms with Gasteiger partial charge in [0.25, 0.3) is 0 Å². The van der Waals surface area contributed by atoms with E-state index in [0.717, 1.165) is 27.8 Å². The average molecular weight is 320 g/mol. The molecule has 4 nitrogen and oxygen atoms in total. The molecule has 0 unspecified atom stereocenters. The maximum atomic E-state index is 13.0. The van der Waals surface area contributed by atoms with Crippen molar-refractivity contribution in [3.05, 3.63) is 66.7 Å². The van der Waals surface area contributed by atoms with Crippen LogP contribution in [0.1, 0.15) is 0 Å². The van der Waals surface area contributed by atoms with Crippen molar-refractivity contribution < 1.29 is 13.5 Å². The number of hydrogen-bond acceptors (Lipinski definition) is 4. The van der Waals surface area contributed by atoms with Gasteiger partial charge in [-0.15, -0.1) is 0 Å². The van der Waals surface area contributed by atoms with E-state index in [2.05, 4.69) is 9.97 Å². The summed E-state index contributed by atoms with van der Waals surface area (Å²) in [5.74, 6) is 0.655. The number of ether oxygens (including phenoxy) is 1. The van der Waals surface area contributed by atoms with E-state index in [-0.39, 0.29) is 0 Å². The maximum absolute atomic E-state index is 13.0. The Bertz CT molecular complexity index is 976. The number of hydrogen-bond donors (Lipinski definition) is 0. The van der Waals surface area contributed by atoms with Gasteiger partial charge in [0, 0.05) is 22.9 Å². The minimum absolute atomic E-state index is 0.513. The van der Waals surface area contributed by atoms with Crippen LogP contribution in [0, 0.1) is 5.95 Å². The largest absolute Gasteiger partial charge is 0.496 e. The quantitative estimate of drug-likeness (QED) is 0.513. The van der Waals surface area contributed by atoms with Crippen molar-refractivity contribution in [2.24, 2.45) is 0 Å². The van der Waals surface area contributed by atoms with Crippen LogP contribution in [0.15, 0.2) is 65.2 Å². The number of fused-ring (bicyclic) bond motifs is 1. The molecule has 0 radical (unpaired) electrons. The Morgan fingerprint density at radius 1 is 1.00 bits per heavy atom. The summed E-state index contributed by atoms with van der Waals surface area (Å²) >= 11 is 0. The second-order valence-corrected chi connectivity index (χ2v) is 5.27. The van der Waals surface area contributed by atoms with E-state index in [9.17, 15) is 4.39 Å². The first-order valence-corrected chi connectivity index (χ1v) is 7.40. The van der Waals surface area contributed by atoms with Crippen LogP contribution in [0.4, 0.5) is 4.39 Å². The van der Waals surface area contributed by atoms with Gasteiger partial charge in [0.2, 0.25) is 11.8 Å². The molecule has 5 heteroatoms. The zero-order chi connectivity index (χ0) is 16.5. The van der Waals surface area contributed by atoms with Crippen LogP contribution >= 0.6 is 0 Å². The van der Waals surface area contributed by atoms with E-state index in [0.29, 0.717) is 11.6 Å². The van der Waals surface area contributed by atoms with Crippen LogP contribution in [-0.4, -0.2) is 17.1 Å². The van der Waals surface area contributed by atoms with Crippen molar-refractivity contribution in [1.82, 2.24) is 9.97 Å². The molecule has 0 fully saturated rings.